The first-order valence-electron chi connectivity index (χ1n) is 9.96. The standard InChI is InChI=1S/C24H18ClF3O5/c1-14(23(29)31-10-9-30-17-4-2-3-15(11-17)24(26,27)28)32-18-6-8-20-19-7-5-16(25)12-21(19)33-22(20)13-18/h2-8,11-14H,9-10H2,1H3. The number of hydrogen-bond donors (Lipinski definition) is 0. The van der Waals surface area contributed by atoms with E-state index in [4.69, 9.17) is 30.2 Å². The Balaban J connectivity index is 1.30. The second-order valence-electron chi connectivity index (χ2n) is 7.20. The van der Waals surface area contributed by atoms with Crippen LogP contribution >= 0.6 is 11.6 Å². The largest absolute Gasteiger partial charge is 0.490 e. The van der Waals surface area contributed by atoms with Gasteiger partial charge in [-0.25, -0.2) is 4.79 Å². The van der Waals surface area contributed by atoms with Crippen molar-refractivity contribution in [1.82, 2.24) is 0 Å². The van der Waals surface area contributed by atoms with Crippen LogP contribution in [-0.2, 0) is 15.7 Å². The van der Waals surface area contributed by atoms with Gasteiger partial charge in [0.25, 0.3) is 0 Å². The minimum absolute atomic E-state index is 0.0330. The highest BCUT2D eigenvalue weighted by atomic mass is 35.5. The lowest BCUT2D eigenvalue weighted by Crippen LogP contribution is -2.27. The topological polar surface area (TPSA) is 57.9 Å². The van der Waals surface area contributed by atoms with E-state index in [0.717, 1.165) is 22.9 Å². The Bertz CT molecular complexity index is 1300. The van der Waals surface area contributed by atoms with Crippen molar-refractivity contribution in [2.24, 2.45) is 0 Å². The number of fused-ring (bicyclic) bond motifs is 3. The molecule has 172 valence electrons. The summed E-state index contributed by atoms with van der Waals surface area (Å²) in [6.45, 7) is 1.28. The van der Waals surface area contributed by atoms with Gasteiger partial charge in [-0.05, 0) is 49.4 Å². The summed E-state index contributed by atoms with van der Waals surface area (Å²) in [4.78, 5) is 12.2. The third-order valence-corrected chi connectivity index (χ3v) is 5.04. The molecular formula is C24H18ClF3O5. The van der Waals surface area contributed by atoms with E-state index in [1.165, 1.54) is 19.1 Å². The van der Waals surface area contributed by atoms with Gasteiger partial charge >= 0.3 is 12.1 Å². The minimum atomic E-state index is -4.46. The first kappa shape index (κ1) is 22.8. The zero-order chi connectivity index (χ0) is 23.6. The Hall–Kier alpha value is -3.39. The van der Waals surface area contributed by atoms with E-state index in [1.807, 2.05) is 12.1 Å². The van der Waals surface area contributed by atoms with E-state index in [2.05, 4.69) is 0 Å². The maximum atomic E-state index is 12.7. The summed E-state index contributed by atoms with van der Waals surface area (Å²) in [6.07, 6.45) is -5.38. The van der Waals surface area contributed by atoms with Crippen molar-refractivity contribution in [3.8, 4) is 11.5 Å². The quantitative estimate of drug-likeness (QED) is 0.220. The van der Waals surface area contributed by atoms with Crippen molar-refractivity contribution in [1.29, 1.82) is 0 Å². The zero-order valence-electron chi connectivity index (χ0n) is 17.3. The van der Waals surface area contributed by atoms with Crippen molar-refractivity contribution in [3.05, 3.63) is 71.2 Å². The van der Waals surface area contributed by atoms with Gasteiger partial charge in [0.2, 0.25) is 0 Å². The molecule has 0 bridgehead atoms. The van der Waals surface area contributed by atoms with E-state index in [1.54, 1.807) is 24.3 Å². The van der Waals surface area contributed by atoms with Crippen LogP contribution in [0.25, 0.3) is 21.9 Å². The van der Waals surface area contributed by atoms with Crippen LogP contribution in [-0.4, -0.2) is 25.3 Å². The number of furan rings is 1. The molecule has 0 aliphatic rings. The molecule has 0 aliphatic carbocycles. The molecule has 3 aromatic carbocycles. The van der Waals surface area contributed by atoms with Crippen LogP contribution in [0, 0.1) is 0 Å². The Labute approximate surface area is 191 Å². The molecule has 5 nitrogen and oxygen atoms in total. The number of ether oxygens (including phenoxy) is 3. The predicted octanol–water partition coefficient (Wildman–Crippen LogP) is 6.65. The lowest BCUT2D eigenvalue weighted by molar-refractivity contribution is -0.151. The van der Waals surface area contributed by atoms with Crippen LogP contribution in [0.4, 0.5) is 13.2 Å². The van der Waals surface area contributed by atoms with E-state index in [-0.39, 0.29) is 19.0 Å². The fourth-order valence-corrected chi connectivity index (χ4v) is 3.40. The van der Waals surface area contributed by atoms with Crippen LogP contribution in [0.15, 0.2) is 65.1 Å². The Morgan fingerprint density at radius 2 is 1.70 bits per heavy atom. The molecule has 4 aromatic rings. The van der Waals surface area contributed by atoms with Crippen LogP contribution in [0.5, 0.6) is 11.5 Å². The van der Waals surface area contributed by atoms with E-state index < -0.39 is 23.8 Å². The molecule has 1 aromatic heterocycles. The molecule has 0 spiro atoms. The van der Waals surface area contributed by atoms with Gasteiger partial charge in [0.15, 0.2) is 6.10 Å². The second-order valence-corrected chi connectivity index (χ2v) is 7.64. The Kier molecular flexibility index (Phi) is 6.37. The third-order valence-electron chi connectivity index (χ3n) is 4.81. The average Bonchev–Trinajstić information content (AvgIpc) is 3.12. The molecule has 0 N–H and O–H groups in total. The zero-order valence-corrected chi connectivity index (χ0v) is 18.1. The van der Waals surface area contributed by atoms with Gasteiger partial charge < -0.3 is 18.6 Å². The molecule has 0 saturated heterocycles. The molecule has 0 saturated carbocycles. The van der Waals surface area contributed by atoms with Crippen molar-refractivity contribution < 1.29 is 36.6 Å². The van der Waals surface area contributed by atoms with E-state index in [0.29, 0.717) is 21.9 Å². The fourth-order valence-electron chi connectivity index (χ4n) is 3.24. The highest BCUT2D eigenvalue weighted by molar-refractivity contribution is 6.31. The predicted molar refractivity (Wildman–Crippen MR) is 117 cm³/mol. The van der Waals surface area contributed by atoms with Crippen molar-refractivity contribution >= 4 is 39.5 Å². The molecule has 1 atom stereocenters. The maximum Gasteiger partial charge on any atom is 0.416 e. The summed E-state index contributed by atoms with van der Waals surface area (Å²) < 4.78 is 60.0. The summed E-state index contributed by atoms with van der Waals surface area (Å²) in [7, 11) is 0. The maximum absolute atomic E-state index is 12.7. The lowest BCUT2D eigenvalue weighted by atomic mass is 10.1. The Morgan fingerprint density at radius 3 is 2.45 bits per heavy atom. The number of benzene rings is 3. The molecule has 1 unspecified atom stereocenters. The van der Waals surface area contributed by atoms with E-state index >= 15 is 0 Å². The molecular weight excluding hydrogens is 461 g/mol. The number of halogens is 4. The minimum Gasteiger partial charge on any atom is -0.490 e. The van der Waals surface area contributed by atoms with Crippen LogP contribution in [0.3, 0.4) is 0 Å². The number of carbonyl (C=O) groups excluding carboxylic acids is 1. The highest BCUT2D eigenvalue weighted by Crippen LogP contribution is 2.33. The second kappa shape index (κ2) is 9.23. The number of esters is 1. The normalized spacial score (nSPS) is 12.6. The molecule has 0 amide bonds. The molecule has 9 heteroatoms. The van der Waals surface area contributed by atoms with E-state index in [9.17, 15) is 18.0 Å². The number of hydrogen-bond acceptors (Lipinski definition) is 5. The summed E-state index contributed by atoms with van der Waals surface area (Å²) >= 11 is 6.00. The molecule has 0 fully saturated rings. The third kappa shape index (κ3) is 5.34. The first-order valence-corrected chi connectivity index (χ1v) is 10.3. The summed E-state index contributed by atoms with van der Waals surface area (Å²) in [6, 6.07) is 15.0. The fraction of sp³-hybridized carbons (Fsp3) is 0.208. The average molecular weight is 479 g/mol. The molecule has 0 radical (unpaired) electrons. The summed E-state index contributed by atoms with van der Waals surface area (Å²) in [5.41, 5.74) is 0.409. The van der Waals surface area contributed by atoms with Gasteiger partial charge in [-0.1, -0.05) is 17.7 Å². The number of rotatable bonds is 7. The summed E-state index contributed by atoms with van der Waals surface area (Å²) in [5, 5.41) is 2.36. The van der Waals surface area contributed by atoms with Gasteiger partial charge in [-0.3, -0.25) is 0 Å². The van der Waals surface area contributed by atoms with Gasteiger partial charge in [0, 0.05) is 27.9 Å². The van der Waals surface area contributed by atoms with Crippen LogP contribution in [0.1, 0.15) is 12.5 Å². The SMILES string of the molecule is CC(Oc1ccc2c(c1)oc1cc(Cl)ccc12)C(=O)OCCOc1cccc(C(F)(F)F)c1. The smallest absolute Gasteiger partial charge is 0.416 e. The van der Waals surface area contributed by atoms with Crippen molar-refractivity contribution in [2.45, 2.75) is 19.2 Å². The number of carbonyl (C=O) groups is 1. The van der Waals surface area contributed by atoms with Crippen LogP contribution < -0.4 is 9.47 Å². The van der Waals surface area contributed by atoms with Gasteiger partial charge in [0.1, 0.15) is 35.9 Å². The number of alkyl halides is 3. The summed E-state index contributed by atoms with van der Waals surface area (Å²) in [5.74, 6) is -0.193. The lowest BCUT2D eigenvalue weighted by Gasteiger charge is -2.14. The van der Waals surface area contributed by atoms with Crippen molar-refractivity contribution in [2.75, 3.05) is 13.2 Å². The molecule has 0 aliphatic heterocycles. The molecule has 33 heavy (non-hydrogen) atoms. The molecule has 1 heterocycles. The Morgan fingerprint density at radius 1 is 0.970 bits per heavy atom. The molecule has 4 rings (SSSR count). The first-order chi connectivity index (χ1) is 15.7. The van der Waals surface area contributed by atoms with Gasteiger partial charge in [0.05, 0.1) is 5.56 Å². The van der Waals surface area contributed by atoms with Crippen molar-refractivity contribution in [3.63, 3.8) is 0 Å². The van der Waals surface area contributed by atoms with Gasteiger partial charge in [-0.15, -0.1) is 0 Å². The monoisotopic (exact) mass is 478 g/mol. The van der Waals surface area contributed by atoms with Gasteiger partial charge in [-0.2, -0.15) is 13.2 Å². The highest BCUT2D eigenvalue weighted by Gasteiger charge is 2.30. The van der Waals surface area contributed by atoms with Crippen LogP contribution in [0.2, 0.25) is 5.02 Å².